The van der Waals surface area contributed by atoms with Crippen molar-refractivity contribution in [2.24, 2.45) is 0 Å². The summed E-state index contributed by atoms with van der Waals surface area (Å²) >= 11 is 0. The van der Waals surface area contributed by atoms with E-state index < -0.39 is 0 Å². The molecule has 1 rings (SSSR count). The summed E-state index contributed by atoms with van der Waals surface area (Å²) < 4.78 is 10.1. The molecule has 0 aliphatic carbocycles. The van der Waals surface area contributed by atoms with Gasteiger partial charge in [0.2, 0.25) is 0 Å². The van der Waals surface area contributed by atoms with E-state index in [0.717, 1.165) is 17.7 Å². The van der Waals surface area contributed by atoms with Crippen LogP contribution in [0.2, 0.25) is 0 Å². The third kappa shape index (κ3) is 3.01. The molecule has 0 heterocycles. The Morgan fingerprint density at radius 2 is 1.86 bits per heavy atom. The van der Waals surface area contributed by atoms with Gasteiger partial charge in [-0.2, -0.15) is 0 Å². The second-order valence-corrected chi connectivity index (χ2v) is 3.09. The van der Waals surface area contributed by atoms with E-state index in [9.17, 15) is 0 Å². The van der Waals surface area contributed by atoms with Gasteiger partial charge in [-0.15, -0.1) is 0 Å². The predicted octanol–water partition coefficient (Wildman–Crippen LogP) is 1.24. The molecule has 0 aliphatic rings. The number of hydrogen-bond acceptors (Lipinski definition) is 3. The quantitative estimate of drug-likeness (QED) is 0.770. The van der Waals surface area contributed by atoms with Gasteiger partial charge in [0, 0.05) is 13.5 Å². The first-order valence-electron chi connectivity index (χ1n) is 4.56. The first-order chi connectivity index (χ1) is 6.80. The van der Waals surface area contributed by atoms with Gasteiger partial charge in [0.25, 0.3) is 0 Å². The van der Waals surface area contributed by atoms with E-state index in [1.54, 1.807) is 14.2 Å². The van der Waals surface area contributed by atoms with Crippen LogP contribution in [0.5, 0.6) is 5.75 Å². The SMILES string of the molecule is COc1ccc(CC(CO)OC)cc1. The number of hydrogen-bond donors (Lipinski definition) is 1. The molecular formula is C11H16O3. The monoisotopic (exact) mass is 196 g/mol. The average Bonchev–Trinajstić information content (AvgIpc) is 2.26. The van der Waals surface area contributed by atoms with Gasteiger partial charge < -0.3 is 14.6 Å². The summed E-state index contributed by atoms with van der Waals surface area (Å²) in [5.41, 5.74) is 1.13. The van der Waals surface area contributed by atoms with E-state index in [1.807, 2.05) is 24.3 Å². The third-order valence-corrected chi connectivity index (χ3v) is 2.16. The van der Waals surface area contributed by atoms with Gasteiger partial charge in [0.1, 0.15) is 5.75 Å². The minimum absolute atomic E-state index is 0.0442. The fourth-order valence-electron chi connectivity index (χ4n) is 1.25. The van der Waals surface area contributed by atoms with Crippen LogP contribution in [0.4, 0.5) is 0 Å². The molecule has 0 spiro atoms. The highest BCUT2D eigenvalue weighted by Crippen LogP contribution is 2.13. The van der Waals surface area contributed by atoms with E-state index in [2.05, 4.69) is 0 Å². The van der Waals surface area contributed by atoms with Crippen LogP contribution >= 0.6 is 0 Å². The van der Waals surface area contributed by atoms with E-state index >= 15 is 0 Å². The second-order valence-electron chi connectivity index (χ2n) is 3.09. The maximum atomic E-state index is 8.94. The fraction of sp³-hybridized carbons (Fsp3) is 0.455. The lowest BCUT2D eigenvalue weighted by atomic mass is 10.1. The lowest BCUT2D eigenvalue weighted by Crippen LogP contribution is -2.18. The number of ether oxygens (including phenoxy) is 2. The fourth-order valence-corrected chi connectivity index (χ4v) is 1.25. The Kier molecular flexibility index (Phi) is 4.43. The molecule has 0 aromatic heterocycles. The first kappa shape index (κ1) is 11.0. The van der Waals surface area contributed by atoms with Crippen molar-refractivity contribution in [1.82, 2.24) is 0 Å². The number of methoxy groups -OCH3 is 2. The zero-order chi connectivity index (χ0) is 10.4. The zero-order valence-corrected chi connectivity index (χ0v) is 8.56. The van der Waals surface area contributed by atoms with Crippen molar-refractivity contribution in [2.45, 2.75) is 12.5 Å². The Bertz CT molecular complexity index is 252. The molecule has 0 radical (unpaired) electrons. The Hall–Kier alpha value is -1.06. The molecule has 1 unspecified atom stereocenters. The van der Waals surface area contributed by atoms with Crippen molar-refractivity contribution in [2.75, 3.05) is 20.8 Å². The maximum absolute atomic E-state index is 8.94. The second kappa shape index (κ2) is 5.62. The maximum Gasteiger partial charge on any atom is 0.118 e. The molecule has 0 aliphatic heterocycles. The highest BCUT2D eigenvalue weighted by Gasteiger charge is 2.06. The van der Waals surface area contributed by atoms with Crippen molar-refractivity contribution in [3.63, 3.8) is 0 Å². The molecule has 0 fully saturated rings. The van der Waals surface area contributed by atoms with Crippen LogP contribution in [0.3, 0.4) is 0 Å². The standard InChI is InChI=1S/C11H16O3/c1-13-10-5-3-9(4-6-10)7-11(8-12)14-2/h3-6,11-12H,7-8H2,1-2H3. The summed E-state index contributed by atoms with van der Waals surface area (Å²) in [5, 5.41) is 8.94. The highest BCUT2D eigenvalue weighted by atomic mass is 16.5. The Morgan fingerprint density at radius 3 is 2.29 bits per heavy atom. The van der Waals surface area contributed by atoms with Gasteiger partial charge in [-0.1, -0.05) is 12.1 Å². The van der Waals surface area contributed by atoms with Crippen molar-refractivity contribution in [3.8, 4) is 5.75 Å². The van der Waals surface area contributed by atoms with E-state index in [4.69, 9.17) is 14.6 Å². The summed E-state index contributed by atoms with van der Waals surface area (Å²) in [4.78, 5) is 0. The zero-order valence-electron chi connectivity index (χ0n) is 8.56. The summed E-state index contributed by atoms with van der Waals surface area (Å²) in [7, 11) is 3.24. The molecule has 3 heteroatoms. The van der Waals surface area contributed by atoms with Crippen molar-refractivity contribution in [1.29, 1.82) is 0 Å². The molecule has 0 bridgehead atoms. The van der Waals surface area contributed by atoms with Crippen LogP contribution in [-0.4, -0.2) is 32.0 Å². The Morgan fingerprint density at radius 1 is 1.21 bits per heavy atom. The summed E-state index contributed by atoms with van der Waals surface area (Å²) in [6, 6.07) is 7.75. The van der Waals surface area contributed by atoms with Crippen molar-refractivity contribution >= 4 is 0 Å². The average molecular weight is 196 g/mol. The summed E-state index contributed by atoms with van der Waals surface area (Å²) in [5.74, 6) is 0.840. The van der Waals surface area contributed by atoms with E-state index in [1.165, 1.54) is 0 Å². The molecule has 1 aromatic carbocycles. The number of aliphatic hydroxyl groups is 1. The largest absolute Gasteiger partial charge is 0.497 e. The number of aliphatic hydroxyl groups excluding tert-OH is 1. The van der Waals surface area contributed by atoms with Gasteiger partial charge >= 0.3 is 0 Å². The van der Waals surface area contributed by atoms with Gasteiger partial charge in [-0.3, -0.25) is 0 Å². The van der Waals surface area contributed by atoms with Crippen LogP contribution < -0.4 is 4.74 Å². The molecule has 14 heavy (non-hydrogen) atoms. The predicted molar refractivity (Wildman–Crippen MR) is 54.6 cm³/mol. The van der Waals surface area contributed by atoms with Crippen LogP contribution in [0.1, 0.15) is 5.56 Å². The smallest absolute Gasteiger partial charge is 0.118 e. The molecule has 0 saturated heterocycles. The van der Waals surface area contributed by atoms with E-state index in [-0.39, 0.29) is 12.7 Å². The van der Waals surface area contributed by atoms with Gasteiger partial charge in [0.05, 0.1) is 19.8 Å². The van der Waals surface area contributed by atoms with Crippen LogP contribution in [0.15, 0.2) is 24.3 Å². The van der Waals surface area contributed by atoms with Crippen LogP contribution in [0.25, 0.3) is 0 Å². The molecular weight excluding hydrogens is 180 g/mol. The van der Waals surface area contributed by atoms with Gasteiger partial charge in [-0.25, -0.2) is 0 Å². The number of benzene rings is 1. The Labute approximate surface area is 84.3 Å². The van der Waals surface area contributed by atoms with Crippen LogP contribution in [-0.2, 0) is 11.2 Å². The lowest BCUT2D eigenvalue weighted by molar-refractivity contribution is 0.0495. The third-order valence-electron chi connectivity index (χ3n) is 2.16. The van der Waals surface area contributed by atoms with Crippen molar-refractivity contribution in [3.05, 3.63) is 29.8 Å². The summed E-state index contributed by atoms with van der Waals surface area (Å²) in [6.45, 7) is 0.0442. The minimum atomic E-state index is -0.122. The molecule has 3 nitrogen and oxygen atoms in total. The molecule has 1 N–H and O–H groups in total. The highest BCUT2D eigenvalue weighted by molar-refractivity contribution is 5.27. The number of rotatable bonds is 5. The molecule has 1 aromatic rings. The molecule has 1 atom stereocenters. The Balaban J connectivity index is 2.58. The first-order valence-corrected chi connectivity index (χ1v) is 4.56. The van der Waals surface area contributed by atoms with Crippen molar-refractivity contribution < 1.29 is 14.6 Å². The lowest BCUT2D eigenvalue weighted by Gasteiger charge is -2.12. The minimum Gasteiger partial charge on any atom is -0.497 e. The molecule has 78 valence electrons. The normalized spacial score (nSPS) is 12.5. The molecule has 0 saturated carbocycles. The summed E-state index contributed by atoms with van der Waals surface area (Å²) in [6.07, 6.45) is 0.597. The van der Waals surface area contributed by atoms with Crippen LogP contribution in [0, 0.1) is 0 Å². The van der Waals surface area contributed by atoms with Gasteiger partial charge in [-0.05, 0) is 17.7 Å². The molecule has 0 amide bonds. The van der Waals surface area contributed by atoms with E-state index in [0.29, 0.717) is 0 Å². The van der Waals surface area contributed by atoms with Gasteiger partial charge in [0.15, 0.2) is 0 Å². The topological polar surface area (TPSA) is 38.7 Å².